The minimum absolute atomic E-state index is 0. The van der Waals surface area contributed by atoms with Crippen LogP contribution < -0.4 is 15.4 Å². The van der Waals surface area contributed by atoms with E-state index in [0.717, 1.165) is 37.6 Å². The first-order valence-electron chi connectivity index (χ1n) is 10.1. The van der Waals surface area contributed by atoms with Gasteiger partial charge in [0.1, 0.15) is 5.82 Å². The molecule has 3 N–H and O–H groups in total. The van der Waals surface area contributed by atoms with Crippen molar-refractivity contribution in [1.82, 2.24) is 10.0 Å². The van der Waals surface area contributed by atoms with E-state index in [9.17, 15) is 17.6 Å². The van der Waals surface area contributed by atoms with Crippen LogP contribution in [0.3, 0.4) is 0 Å². The van der Waals surface area contributed by atoms with Crippen molar-refractivity contribution >= 4 is 34.0 Å². The van der Waals surface area contributed by atoms with Crippen LogP contribution in [0, 0.1) is 25.6 Å². The number of carbonyl (C=O) groups excluding carboxylic acids is 1. The monoisotopic (exact) mass is 469 g/mol. The van der Waals surface area contributed by atoms with Gasteiger partial charge < -0.3 is 10.6 Å². The summed E-state index contributed by atoms with van der Waals surface area (Å²) in [5.41, 5.74) is 1.51. The third kappa shape index (κ3) is 6.04. The Kier molecular flexibility index (Phi) is 8.59. The summed E-state index contributed by atoms with van der Waals surface area (Å²) >= 11 is 0. The summed E-state index contributed by atoms with van der Waals surface area (Å²) < 4.78 is 43.2. The molecule has 3 rings (SSSR count). The number of nitrogens with one attached hydrogen (secondary N) is 3. The molecule has 1 unspecified atom stereocenters. The molecular weight excluding hydrogens is 441 g/mol. The summed E-state index contributed by atoms with van der Waals surface area (Å²) in [5.74, 6) is -1.00. The van der Waals surface area contributed by atoms with Gasteiger partial charge in [-0.15, -0.1) is 12.4 Å². The van der Waals surface area contributed by atoms with E-state index < -0.39 is 21.7 Å². The average Bonchev–Trinajstić information content (AvgIpc) is 2.71. The van der Waals surface area contributed by atoms with E-state index in [1.165, 1.54) is 6.07 Å². The van der Waals surface area contributed by atoms with Crippen LogP contribution in [0.15, 0.2) is 41.3 Å². The number of hydrogen-bond donors (Lipinski definition) is 3. The molecule has 170 valence electrons. The summed E-state index contributed by atoms with van der Waals surface area (Å²) in [6, 6.07) is 9.07. The number of benzene rings is 2. The molecule has 1 aliphatic rings. The maximum absolute atomic E-state index is 14.7. The largest absolute Gasteiger partial charge is 0.319 e. The molecule has 31 heavy (non-hydrogen) atoms. The maximum atomic E-state index is 14.7. The first kappa shape index (κ1) is 25.3. The molecule has 2 aromatic rings. The van der Waals surface area contributed by atoms with Gasteiger partial charge in [0, 0.05) is 11.6 Å². The summed E-state index contributed by atoms with van der Waals surface area (Å²) in [5, 5.41) is 5.80. The van der Waals surface area contributed by atoms with Gasteiger partial charge in [-0.2, -0.15) is 0 Å². The average molecular weight is 470 g/mol. The minimum Gasteiger partial charge on any atom is -0.319 e. The number of aryl methyl sites for hydroxylation is 2. The highest BCUT2D eigenvalue weighted by Gasteiger charge is 2.27. The van der Waals surface area contributed by atoms with E-state index in [-0.39, 0.29) is 34.9 Å². The van der Waals surface area contributed by atoms with E-state index in [4.69, 9.17) is 0 Å². The van der Waals surface area contributed by atoms with E-state index in [1.807, 2.05) is 13.0 Å². The molecule has 0 aromatic heterocycles. The Morgan fingerprint density at radius 3 is 2.42 bits per heavy atom. The van der Waals surface area contributed by atoms with Gasteiger partial charge in [0.25, 0.3) is 5.91 Å². The number of anilines is 1. The van der Waals surface area contributed by atoms with Gasteiger partial charge in [0.2, 0.25) is 10.0 Å². The van der Waals surface area contributed by atoms with Crippen molar-refractivity contribution in [1.29, 1.82) is 0 Å². The quantitative estimate of drug-likeness (QED) is 0.600. The van der Waals surface area contributed by atoms with E-state index >= 15 is 0 Å². The Labute approximate surface area is 189 Å². The zero-order chi connectivity index (χ0) is 21.9. The molecule has 6 nitrogen and oxygen atoms in total. The number of amides is 1. The van der Waals surface area contributed by atoms with Gasteiger partial charge in [0.15, 0.2) is 0 Å². The highest BCUT2D eigenvalue weighted by molar-refractivity contribution is 7.89. The van der Waals surface area contributed by atoms with Crippen molar-refractivity contribution in [3.63, 3.8) is 0 Å². The van der Waals surface area contributed by atoms with Crippen LogP contribution in [0.4, 0.5) is 10.1 Å². The molecule has 1 amide bonds. The third-order valence-corrected chi connectivity index (χ3v) is 7.32. The van der Waals surface area contributed by atoms with Crippen molar-refractivity contribution in [3.05, 3.63) is 58.9 Å². The lowest BCUT2D eigenvalue weighted by Crippen LogP contribution is -2.42. The predicted molar refractivity (Wildman–Crippen MR) is 123 cm³/mol. The van der Waals surface area contributed by atoms with Crippen LogP contribution in [0.2, 0.25) is 0 Å². The Hall–Kier alpha value is -2.00. The normalized spacial score (nSPS) is 15.7. The Morgan fingerprint density at radius 1 is 1.13 bits per heavy atom. The van der Waals surface area contributed by atoms with Gasteiger partial charge in [-0.05, 0) is 81.9 Å². The van der Waals surface area contributed by atoms with Crippen molar-refractivity contribution in [3.8, 4) is 0 Å². The fraction of sp³-hybridized carbons (Fsp3) is 0.409. The van der Waals surface area contributed by atoms with Crippen LogP contribution in [-0.4, -0.2) is 33.5 Å². The van der Waals surface area contributed by atoms with Crippen molar-refractivity contribution in [2.45, 2.75) is 44.6 Å². The van der Waals surface area contributed by atoms with Crippen molar-refractivity contribution in [2.24, 2.45) is 5.92 Å². The molecule has 0 bridgehead atoms. The van der Waals surface area contributed by atoms with Crippen LogP contribution in [-0.2, 0) is 10.0 Å². The number of piperidine rings is 1. The molecule has 1 atom stereocenters. The van der Waals surface area contributed by atoms with Crippen LogP contribution >= 0.6 is 12.4 Å². The standard InChI is InChI=1S/C22H28FN3O3S.ClH/c1-14-6-4-5-7-18(14)22(27)25-20-12-15(2)21(13-19(20)23)30(28,29)26-16(3)17-8-10-24-11-9-17;/h4-7,12-13,16-17,24,26H,8-11H2,1-3H3,(H,25,27);1H. The number of sulfonamides is 1. The van der Waals surface area contributed by atoms with Crippen LogP contribution in [0.25, 0.3) is 0 Å². The van der Waals surface area contributed by atoms with Gasteiger partial charge in [-0.1, -0.05) is 18.2 Å². The number of carbonyl (C=O) groups is 1. The van der Waals surface area contributed by atoms with E-state index in [0.29, 0.717) is 11.1 Å². The lowest BCUT2D eigenvalue weighted by Gasteiger charge is -2.28. The molecule has 0 aliphatic carbocycles. The van der Waals surface area contributed by atoms with Gasteiger partial charge >= 0.3 is 0 Å². The fourth-order valence-electron chi connectivity index (χ4n) is 3.81. The molecule has 0 saturated carbocycles. The number of rotatable bonds is 6. The predicted octanol–water partition coefficient (Wildman–Crippen LogP) is 3.78. The first-order chi connectivity index (χ1) is 14.2. The highest BCUT2D eigenvalue weighted by Crippen LogP contribution is 2.26. The van der Waals surface area contributed by atoms with Crippen LogP contribution in [0.5, 0.6) is 0 Å². The SMILES string of the molecule is Cc1ccccc1C(=O)Nc1cc(C)c(S(=O)(=O)NC(C)C2CCNCC2)cc1F.Cl. The summed E-state index contributed by atoms with van der Waals surface area (Å²) in [4.78, 5) is 12.4. The first-order valence-corrected chi connectivity index (χ1v) is 11.6. The molecular formula is C22H29ClFN3O3S. The Balaban J connectivity index is 0.00000341. The van der Waals surface area contributed by atoms with Gasteiger partial charge in [-0.3, -0.25) is 4.79 Å². The zero-order valence-electron chi connectivity index (χ0n) is 17.9. The number of halogens is 2. The molecule has 9 heteroatoms. The lowest BCUT2D eigenvalue weighted by atomic mass is 9.92. The van der Waals surface area contributed by atoms with Crippen molar-refractivity contribution in [2.75, 3.05) is 18.4 Å². The zero-order valence-corrected chi connectivity index (χ0v) is 19.5. The molecule has 1 aliphatic heterocycles. The summed E-state index contributed by atoms with van der Waals surface area (Å²) in [6.45, 7) is 6.95. The van der Waals surface area contributed by atoms with E-state index in [1.54, 1.807) is 32.0 Å². The second-order valence-electron chi connectivity index (χ2n) is 7.86. The fourth-order valence-corrected chi connectivity index (χ4v) is 5.36. The third-order valence-electron chi connectivity index (χ3n) is 5.62. The molecule has 1 fully saturated rings. The molecule has 2 aromatic carbocycles. The maximum Gasteiger partial charge on any atom is 0.256 e. The highest BCUT2D eigenvalue weighted by atomic mass is 35.5. The molecule has 0 radical (unpaired) electrons. The van der Waals surface area contributed by atoms with Gasteiger partial charge in [-0.25, -0.2) is 17.5 Å². The molecule has 1 heterocycles. The second kappa shape index (κ2) is 10.5. The summed E-state index contributed by atoms with van der Waals surface area (Å²) in [6.07, 6.45) is 1.78. The lowest BCUT2D eigenvalue weighted by molar-refractivity contribution is 0.102. The van der Waals surface area contributed by atoms with Crippen molar-refractivity contribution < 1.29 is 17.6 Å². The molecule has 1 saturated heterocycles. The Bertz CT molecular complexity index is 1040. The second-order valence-corrected chi connectivity index (χ2v) is 9.55. The summed E-state index contributed by atoms with van der Waals surface area (Å²) in [7, 11) is -3.89. The Morgan fingerprint density at radius 2 is 1.77 bits per heavy atom. The smallest absolute Gasteiger partial charge is 0.256 e. The number of hydrogen-bond acceptors (Lipinski definition) is 4. The molecule has 0 spiro atoms. The topological polar surface area (TPSA) is 87.3 Å². The van der Waals surface area contributed by atoms with E-state index in [2.05, 4.69) is 15.4 Å². The van der Waals surface area contributed by atoms with Crippen LogP contribution in [0.1, 0.15) is 41.3 Å². The minimum atomic E-state index is -3.89. The van der Waals surface area contributed by atoms with Gasteiger partial charge in [0.05, 0.1) is 10.6 Å².